The lowest BCUT2D eigenvalue weighted by atomic mass is 10.4. The van der Waals surface area contributed by atoms with E-state index in [9.17, 15) is 9.59 Å². The van der Waals surface area contributed by atoms with Crippen LogP contribution in [0.2, 0.25) is 0 Å². The van der Waals surface area contributed by atoms with Crippen molar-refractivity contribution in [2.75, 3.05) is 25.2 Å². The number of imidazole rings is 1. The molecule has 0 fully saturated rings. The first-order chi connectivity index (χ1) is 9.54. The maximum Gasteiger partial charge on any atom is 0.277 e. The van der Waals surface area contributed by atoms with Gasteiger partial charge in [0.2, 0.25) is 12.8 Å². The Morgan fingerprint density at radius 1 is 1.50 bits per heavy atom. The lowest BCUT2D eigenvalue weighted by Gasteiger charge is -2.18. The molecule has 20 heavy (non-hydrogen) atoms. The molecule has 2 amide bonds. The van der Waals surface area contributed by atoms with Crippen molar-refractivity contribution in [1.29, 1.82) is 0 Å². The van der Waals surface area contributed by atoms with Crippen LogP contribution < -0.4 is 10.2 Å². The highest BCUT2D eigenvalue weighted by Crippen LogP contribution is 2.16. The van der Waals surface area contributed by atoms with Crippen molar-refractivity contribution < 1.29 is 19.1 Å². The molecule has 0 unspecified atom stereocenters. The highest BCUT2D eigenvalue weighted by Gasteiger charge is 2.22. The summed E-state index contributed by atoms with van der Waals surface area (Å²) in [5.41, 5.74) is 0.131. The zero-order valence-electron chi connectivity index (χ0n) is 12.1. The van der Waals surface area contributed by atoms with Gasteiger partial charge in [0, 0.05) is 27.3 Å². The Morgan fingerprint density at radius 2 is 2.10 bits per heavy atom. The van der Waals surface area contributed by atoms with Crippen molar-refractivity contribution >= 4 is 18.1 Å². The normalized spacial score (nSPS) is 10.7. The molecule has 1 aromatic rings. The lowest BCUT2D eigenvalue weighted by molar-refractivity contribution is -0.147. The minimum atomic E-state index is -0.839. The molecule has 0 radical (unpaired) electrons. The van der Waals surface area contributed by atoms with Gasteiger partial charge in [-0.3, -0.25) is 9.59 Å². The molecule has 8 nitrogen and oxygen atoms in total. The van der Waals surface area contributed by atoms with E-state index in [0.29, 0.717) is 25.4 Å². The van der Waals surface area contributed by atoms with Gasteiger partial charge in [-0.1, -0.05) is 0 Å². The molecule has 0 saturated heterocycles. The average molecular weight is 284 g/mol. The molecule has 0 saturated carbocycles. The molecule has 1 aromatic heterocycles. The number of aryl methyl sites for hydroxylation is 1. The Hall–Kier alpha value is -1.93. The van der Waals surface area contributed by atoms with Crippen LogP contribution in [0.4, 0.5) is 5.82 Å². The fourth-order valence-electron chi connectivity index (χ4n) is 1.66. The Kier molecular flexibility index (Phi) is 6.13. The predicted octanol–water partition coefficient (Wildman–Crippen LogP) is 0.0991. The number of hydrogen-bond acceptors (Lipinski definition) is 5. The quantitative estimate of drug-likeness (QED) is 0.540. The summed E-state index contributed by atoms with van der Waals surface area (Å²) >= 11 is 0. The summed E-state index contributed by atoms with van der Waals surface area (Å²) in [4.78, 5) is 28.3. The second kappa shape index (κ2) is 7.61. The highest BCUT2D eigenvalue weighted by atomic mass is 16.7. The fraction of sp³-hybridized carbons (Fsp3) is 0.583. The van der Waals surface area contributed by atoms with Gasteiger partial charge in [-0.05, 0) is 13.8 Å². The fourth-order valence-corrected chi connectivity index (χ4v) is 1.66. The third-order valence-electron chi connectivity index (χ3n) is 2.50. The van der Waals surface area contributed by atoms with Crippen molar-refractivity contribution in [2.45, 2.75) is 20.3 Å². The second-order valence-electron chi connectivity index (χ2n) is 3.96. The summed E-state index contributed by atoms with van der Waals surface area (Å²) in [7, 11) is 3.24. The summed E-state index contributed by atoms with van der Waals surface area (Å²) in [6.07, 6.45) is 1.23. The number of rotatable bonds is 8. The van der Waals surface area contributed by atoms with Crippen molar-refractivity contribution in [3.63, 3.8) is 0 Å². The minimum absolute atomic E-state index is 0.131. The van der Waals surface area contributed by atoms with Crippen molar-refractivity contribution in [3.8, 4) is 0 Å². The minimum Gasteiger partial charge on any atom is -0.336 e. The molecule has 0 atom stereocenters. The van der Waals surface area contributed by atoms with Gasteiger partial charge in [0.15, 0.2) is 5.69 Å². The molecule has 0 aliphatic rings. The van der Waals surface area contributed by atoms with Crippen LogP contribution >= 0.6 is 0 Å². The van der Waals surface area contributed by atoms with Crippen molar-refractivity contribution in [3.05, 3.63) is 12.0 Å². The predicted molar refractivity (Wildman–Crippen MR) is 72.2 cm³/mol. The number of nitrogens with one attached hydrogen (secondary N) is 1. The third-order valence-corrected chi connectivity index (χ3v) is 2.50. The van der Waals surface area contributed by atoms with Crippen LogP contribution in [0, 0.1) is 0 Å². The monoisotopic (exact) mass is 284 g/mol. The number of amides is 2. The van der Waals surface area contributed by atoms with Crippen LogP contribution in [-0.2, 0) is 21.3 Å². The highest BCUT2D eigenvalue weighted by molar-refractivity contribution is 5.99. The first kappa shape index (κ1) is 16.1. The van der Waals surface area contributed by atoms with Gasteiger partial charge in [0.25, 0.3) is 5.91 Å². The molecular formula is C12H20N4O4. The molecule has 0 bridgehead atoms. The van der Waals surface area contributed by atoms with E-state index in [1.165, 1.54) is 11.2 Å². The Bertz CT molecular complexity index is 454. The molecule has 1 rings (SSSR count). The number of nitrogens with zero attached hydrogens (tertiary/aromatic N) is 3. The van der Waals surface area contributed by atoms with Crippen LogP contribution in [-0.4, -0.2) is 48.5 Å². The first-order valence-corrected chi connectivity index (χ1v) is 6.28. The van der Waals surface area contributed by atoms with Crippen LogP contribution in [0.5, 0.6) is 0 Å². The van der Waals surface area contributed by atoms with E-state index in [2.05, 4.69) is 10.3 Å². The number of anilines is 1. The maximum atomic E-state index is 12.2. The van der Waals surface area contributed by atoms with Crippen LogP contribution in [0.3, 0.4) is 0 Å². The van der Waals surface area contributed by atoms with Crippen LogP contribution in [0.1, 0.15) is 24.3 Å². The van der Waals surface area contributed by atoms with Gasteiger partial charge in [0.1, 0.15) is 5.82 Å². The van der Waals surface area contributed by atoms with Crippen molar-refractivity contribution in [1.82, 2.24) is 14.9 Å². The van der Waals surface area contributed by atoms with Gasteiger partial charge in [0.05, 0.1) is 6.33 Å². The number of carbonyl (C=O) groups is 2. The third kappa shape index (κ3) is 3.78. The first-order valence-electron chi connectivity index (χ1n) is 6.28. The zero-order valence-corrected chi connectivity index (χ0v) is 12.1. The molecule has 112 valence electrons. The summed E-state index contributed by atoms with van der Waals surface area (Å²) in [6.45, 7) is 4.39. The molecular weight excluding hydrogens is 264 g/mol. The number of aromatic nitrogens is 2. The van der Waals surface area contributed by atoms with Gasteiger partial charge >= 0.3 is 0 Å². The maximum absolute atomic E-state index is 12.2. The summed E-state index contributed by atoms with van der Waals surface area (Å²) in [5.74, 6) is -0.0783. The smallest absolute Gasteiger partial charge is 0.277 e. The molecule has 8 heteroatoms. The van der Waals surface area contributed by atoms with E-state index in [4.69, 9.17) is 9.47 Å². The SMILES string of the molecule is CCOC(NC(=O)c1ncn(C)c1N(C)C=O)OCC. The Balaban J connectivity index is 2.89. The molecule has 0 aliphatic heterocycles. The number of ether oxygens (including phenoxy) is 2. The summed E-state index contributed by atoms with van der Waals surface area (Å²) < 4.78 is 12.1. The van der Waals surface area contributed by atoms with E-state index in [1.54, 1.807) is 32.5 Å². The standard InChI is InChI=1S/C12H20N4O4/c1-5-19-12(20-6-2)14-10(18)9-11(16(4)8-17)15(3)7-13-9/h7-8,12H,5-6H2,1-4H3,(H,14,18). The van der Waals surface area contributed by atoms with Gasteiger partial charge in [-0.15, -0.1) is 0 Å². The molecule has 0 aromatic carbocycles. The van der Waals surface area contributed by atoms with E-state index < -0.39 is 12.3 Å². The molecule has 0 aliphatic carbocycles. The van der Waals surface area contributed by atoms with Crippen LogP contribution in [0.25, 0.3) is 0 Å². The number of carbonyl (C=O) groups excluding carboxylic acids is 2. The molecule has 0 spiro atoms. The largest absolute Gasteiger partial charge is 0.336 e. The van der Waals surface area contributed by atoms with E-state index in [0.717, 1.165) is 0 Å². The molecule has 1 heterocycles. The summed E-state index contributed by atoms with van der Waals surface area (Å²) in [5, 5.41) is 2.57. The van der Waals surface area contributed by atoms with Gasteiger partial charge in [-0.25, -0.2) is 4.98 Å². The Labute approximate surface area is 117 Å². The van der Waals surface area contributed by atoms with Gasteiger partial charge < -0.3 is 24.3 Å². The molecule has 1 N–H and O–H groups in total. The Morgan fingerprint density at radius 3 is 2.60 bits per heavy atom. The van der Waals surface area contributed by atoms with Gasteiger partial charge in [-0.2, -0.15) is 0 Å². The zero-order chi connectivity index (χ0) is 15.1. The topological polar surface area (TPSA) is 85.7 Å². The average Bonchev–Trinajstić information content (AvgIpc) is 2.80. The van der Waals surface area contributed by atoms with E-state index in [1.807, 2.05) is 0 Å². The van der Waals surface area contributed by atoms with Crippen LogP contribution in [0.15, 0.2) is 6.33 Å². The summed E-state index contributed by atoms with van der Waals surface area (Å²) in [6, 6.07) is 0. The van der Waals surface area contributed by atoms with E-state index in [-0.39, 0.29) is 5.69 Å². The van der Waals surface area contributed by atoms with Crippen molar-refractivity contribution in [2.24, 2.45) is 7.05 Å². The van der Waals surface area contributed by atoms with E-state index >= 15 is 0 Å². The second-order valence-corrected chi connectivity index (χ2v) is 3.96. The number of hydrogen-bond donors (Lipinski definition) is 1. The lowest BCUT2D eigenvalue weighted by Crippen LogP contribution is -2.39.